The van der Waals surface area contributed by atoms with E-state index in [0.717, 1.165) is 24.7 Å². The first-order valence-corrected chi connectivity index (χ1v) is 5.62. The van der Waals surface area contributed by atoms with Gasteiger partial charge in [0.25, 0.3) is 0 Å². The van der Waals surface area contributed by atoms with Crippen molar-refractivity contribution in [2.24, 2.45) is 13.0 Å². The third kappa shape index (κ3) is 3.04. The summed E-state index contributed by atoms with van der Waals surface area (Å²) < 4.78 is 1.85. The molecule has 0 aromatic carbocycles. The summed E-state index contributed by atoms with van der Waals surface area (Å²) in [4.78, 5) is 2.40. The van der Waals surface area contributed by atoms with Crippen molar-refractivity contribution in [2.45, 2.75) is 13.0 Å². The minimum atomic E-state index is 0.818. The highest BCUT2D eigenvalue weighted by molar-refractivity contribution is 4.97. The maximum atomic E-state index is 4.33. The topological polar surface area (TPSA) is 33.1 Å². The highest BCUT2D eigenvalue weighted by Crippen LogP contribution is 2.12. The van der Waals surface area contributed by atoms with Gasteiger partial charge in [-0.3, -0.25) is 4.68 Å². The van der Waals surface area contributed by atoms with E-state index in [-0.39, 0.29) is 0 Å². The lowest BCUT2D eigenvalue weighted by Gasteiger charge is -2.10. The lowest BCUT2D eigenvalue weighted by Crippen LogP contribution is -2.24. The number of rotatable bonds is 4. The smallest absolute Gasteiger partial charge is 0.0762 e. The molecule has 0 aliphatic carbocycles. The highest BCUT2D eigenvalue weighted by atomic mass is 15.3. The van der Waals surface area contributed by atoms with Crippen molar-refractivity contribution in [1.82, 2.24) is 20.0 Å². The van der Waals surface area contributed by atoms with Crippen LogP contribution in [0, 0.1) is 5.92 Å². The first-order chi connectivity index (χ1) is 7.24. The maximum absolute atomic E-state index is 4.33. The summed E-state index contributed by atoms with van der Waals surface area (Å²) in [6, 6.07) is 2.06. The molecule has 15 heavy (non-hydrogen) atoms. The van der Waals surface area contributed by atoms with Gasteiger partial charge in [-0.05, 0) is 38.5 Å². The van der Waals surface area contributed by atoms with Crippen LogP contribution in [0.1, 0.15) is 12.1 Å². The summed E-state index contributed by atoms with van der Waals surface area (Å²) in [6.07, 6.45) is 3.31. The van der Waals surface area contributed by atoms with Crippen molar-refractivity contribution in [3.05, 3.63) is 18.0 Å². The van der Waals surface area contributed by atoms with E-state index in [4.69, 9.17) is 0 Å². The number of aryl methyl sites for hydroxylation is 1. The molecule has 1 aromatic rings. The van der Waals surface area contributed by atoms with Crippen LogP contribution in [-0.4, -0.2) is 41.4 Å². The average molecular weight is 208 g/mol. The zero-order valence-corrected chi connectivity index (χ0v) is 9.61. The molecule has 1 aromatic heterocycles. The van der Waals surface area contributed by atoms with Gasteiger partial charge in [0.05, 0.1) is 5.69 Å². The van der Waals surface area contributed by atoms with E-state index in [2.05, 4.69) is 28.4 Å². The Kier molecular flexibility index (Phi) is 3.38. The lowest BCUT2D eigenvalue weighted by molar-refractivity contribution is 0.388. The number of likely N-dealkylation sites (tertiary alicyclic amines) is 1. The van der Waals surface area contributed by atoms with Crippen LogP contribution in [0.5, 0.6) is 0 Å². The van der Waals surface area contributed by atoms with Crippen molar-refractivity contribution in [3.63, 3.8) is 0 Å². The van der Waals surface area contributed by atoms with E-state index in [1.165, 1.54) is 19.5 Å². The summed E-state index contributed by atoms with van der Waals surface area (Å²) >= 11 is 0. The third-order valence-electron chi connectivity index (χ3n) is 3.00. The second kappa shape index (κ2) is 4.77. The Labute approximate surface area is 91.3 Å². The molecule has 1 N–H and O–H groups in total. The Morgan fingerprint density at radius 3 is 3.00 bits per heavy atom. The molecule has 1 aliphatic heterocycles. The normalized spacial score (nSPS) is 22.4. The zero-order valence-electron chi connectivity index (χ0n) is 9.61. The molecule has 1 fully saturated rings. The molecule has 1 aliphatic rings. The molecule has 0 saturated carbocycles. The number of aromatic nitrogens is 2. The zero-order chi connectivity index (χ0) is 10.7. The van der Waals surface area contributed by atoms with E-state index < -0.39 is 0 Å². The molecule has 0 amide bonds. The Bertz CT molecular complexity index is 307. The minimum absolute atomic E-state index is 0.818. The summed E-state index contributed by atoms with van der Waals surface area (Å²) in [7, 11) is 4.15. The SMILES string of the molecule is CN1CCC(CNCc2ccn(C)n2)C1. The standard InChI is InChI=1S/C11H20N4/c1-14-5-3-10(9-14)7-12-8-11-4-6-15(2)13-11/h4,6,10,12H,3,5,7-9H2,1-2H3. The number of nitrogens with zero attached hydrogens (tertiary/aromatic N) is 3. The van der Waals surface area contributed by atoms with Gasteiger partial charge in [0, 0.05) is 26.3 Å². The second-order valence-electron chi connectivity index (χ2n) is 4.53. The van der Waals surface area contributed by atoms with Crippen LogP contribution in [0.4, 0.5) is 0 Å². The fraction of sp³-hybridized carbons (Fsp3) is 0.727. The molecular formula is C11H20N4. The van der Waals surface area contributed by atoms with E-state index in [1.54, 1.807) is 0 Å². The molecule has 0 radical (unpaired) electrons. The lowest BCUT2D eigenvalue weighted by atomic mass is 10.1. The maximum Gasteiger partial charge on any atom is 0.0762 e. The Morgan fingerprint density at radius 1 is 1.53 bits per heavy atom. The molecular weight excluding hydrogens is 188 g/mol. The molecule has 4 nitrogen and oxygen atoms in total. The van der Waals surface area contributed by atoms with E-state index >= 15 is 0 Å². The number of hydrogen-bond acceptors (Lipinski definition) is 3. The van der Waals surface area contributed by atoms with Gasteiger partial charge in [-0.1, -0.05) is 0 Å². The summed E-state index contributed by atoms with van der Waals surface area (Å²) in [5.74, 6) is 0.818. The van der Waals surface area contributed by atoms with Crippen LogP contribution in [0.2, 0.25) is 0 Å². The first kappa shape index (κ1) is 10.6. The molecule has 2 heterocycles. The fourth-order valence-electron chi connectivity index (χ4n) is 2.15. The highest BCUT2D eigenvalue weighted by Gasteiger charge is 2.18. The predicted octanol–water partition coefficient (Wildman–Crippen LogP) is 0.461. The van der Waals surface area contributed by atoms with Crippen LogP contribution in [-0.2, 0) is 13.6 Å². The summed E-state index contributed by atoms with van der Waals surface area (Å²) in [5, 5.41) is 7.81. The molecule has 0 bridgehead atoms. The van der Waals surface area contributed by atoms with Crippen LogP contribution in [0.3, 0.4) is 0 Å². The molecule has 84 valence electrons. The Hall–Kier alpha value is -0.870. The van der Waals surface area contributed by atoms with Crippen molar-refractivity contribution < 1.29 is 0 Å². The average Bonchev–Trinajstić information content (AvgIpc) is 2.76. The van der Waals surface area contributed by atoms with Crippen molar-refractivity contribution in [1.29, 1.82) is 0 Å². The van der Waals surface area contributed by atoms with Gasteiger partial charge in [-0.15, -0.1) is 0 Å². The second-order valence-corrected chi connectivity index (χ2v) is 4.53. The third-order valence-corrected chi connectivity index (χ3v) is 3.00. The molecule has 1 saturated heterocycles. The Balaban J connectivity index is 1.67. The fourth-order valence-corrected chi connectivity index (χ4v) is 2.15. The number of hydrogen-bond donors (Lipinski definition) is 1. The van der Waals surface area contributed by atoms with E-state index in [9.17, 15) is 0 Å². The van der Waals surface area contributed by atoms with Gasteiger partial charge < -0.3 is 10.2 Å². The molecule has 0 spiro atoms. The number of nitrogens with one attached hydrogen (secondary N) is 1. The van der Waals surface area contributed by atoms with E-state index in [0.29, 0.717) is 0 Å². The van der Waals surface area contributed by atoms with Gasteiger partial charge in [-0.25, -0.2) is 0 Å². The van der Waals surface area contributed by atoms with Crippen LogP contribution in [0.15, 0.2) is 12.3 Å². The van der Waals surface area contributed by atoms with Gasteiger partial charge in [0.1, 0.15) is 0 Å². The molecule has 1 unspecified atom stereocenters. The first-order valence-electron chi connectivity index (χ1n) is 5.62. The van der Waals surface area contributed by atoms with Gasteiger partial charge in [0.15, 0.2) is 0 Å². The van der Waals surface area contributed by atoms with Gasteiger partial charge in [-0.2, -0.15) is 5.10 Å². The molecule has 4 heteroatoms. The molecule has 1 atom stereocenters. The van der Waals surface area contributed by atoms with Crippen LogP contribution < -0.4 is 5.32 Å². The van der Waals surface area contributed by atoms with Crippen molar-refractivity contribution in [2.75, 3.05) is 26.7 Å². The van der Waals surface area contributed by atoms with Gasteiger partial charge in [0.2, 0.25) is 0 Å². The predicted molar refractivity (Wildman–Crippen MR) is 60.5 cm³/mol. The van der Waals surface area contributed by atoms with Crippen LogP contribution in [0.25, 0.3) is 0 Å². The van der Waals surface area contributed by atoms with Crippen molar-refractivity contribution in [3.8, 4) is 0 Å². The van der Waals surface area contributed by atoms with Crippen LogP contribution >= 0.6 is 0 Å². The Morgan fingerprint density at radius 2 is 2.40 bits per heavy atom. The van der Waals surface area contributed by atoms with Crippen molar-refractivity contribution >= 4 is 0 Å². The summed E-state index contributed by atoms with van der Waals surface area (Å²) in [5.41, 5.74) is 1.13. The van der Waals surface area contributed by atoms with Gasteiger partial charge >= 0.3 is 0 Å². The minimum Gasteiger partial charge on any atom is -0.311 e. The largest absolute Gasteiger partial charge is 0.311 e. The molecule has 2 rings (SSSR count). The summed E-state index contributed by atoms with van der Waals surface area (Å²) in [6.45, 7) is 4.48. The quantitative estimate of drug-likeness (QED) is 0.780. The van der Waals surface area contributed by atoms with E-state index in [1.807, 2.05) is 17.9 Å². The monoisotopic (exact) mass is 208 g/mol.